The van der Waals surface area contributed by atoms with E-state index < -0.39 is 0 Å². The number of aliphatic imine (C=N–C) groups is 1. The van der Waals surface area contributed by atoms with Crippen LogP contribution < -0.4 is 15.8 Å². The highest BCUT2D eigenvalue weighted by atomic mass is 16.5. The number of amides is 1. The van der Waals surface area contributed by atoms with Crippen LogP contribution in [-0.2, 0) is 4.79 Å². The second-order valence-electron chi connectivity index (χ2n) is 6.01. The van der Waals surface area contributed by atoms with Crippen molar-refractivity contribution in [2.24, 2.45) is 10.7 Å². The monoisotopic (exact) mass is 316 g/mol. The number of hydrogen-bond donors (Lipinski definition) is 2. The van der Waals surface area contributed by atoms with E-state index in [2.05, 4.69) is 10.3 Å². The van der Waals surface area contributed by atoms with Gasteiger partial charge in [-0.1, -0.05) is 18.2 Å². The van der Waals surface area contributed by atoms with Gasteiger partial charge in [-0.2, -0.15) is 0 Å². The van der Waals surface area contributed by atoms with Crippen LogP contribution in [0.1, 0.15) is 37.3 Å². The number of carbonyl (C=O) groups excluding carboxylic acids is 1. The van der Waals surface area contributed by atoms with Crippen LogP contribution in [0.15, 0.2) is 29.3 Å². The Bertz CT molecular complexity index is 582. The lowest BCUT2D eigenvalue weighted by atomic mass is 10.0. The molecule has 6 heteroatoms. The second-order valence-corrected chi connectivity index (χ2v) is 6.01. The summed E-state index contributed by atoms with van der Waals surface area (Å²) in [6, 6.07) is 7.99. The van der Waals surface area contributed by atoms with E-state index in [4.69, 9.17) is 10.5 Å². The molecule has 1 amide bonds. The third-order valence-corrected chi connectivity index (χ3v) is 4.37. The Morgan fingerprint density at radius 1 is 1.30 bits per heavy atom. The molecule has 23 heavy (non-hydrogen) atoms. The van der Waals surface area contributed by atoms with Crippen molar-refractivity contribution >= 4 is 11.9 Å². The number of ether oxygens (including phenoxy) is 1. The minimum absolute atomic E-state index is 0.0572. The van der Waals surface area contributed by atoms with Crippen molar-refractivity contribution in [3.63, 3.8) is 0 Å². The summed E-state index contributed by atoms with van der Waals surface area (Å²) in [4.78, 5) is 18.2. The SMILES string of the molecule is NC(=NCC(=O)N1CCCCC1)NC1CCOc2ccccc21. The number of nitrogens with two attached hydrogens (primary N) is 1. The van der Waals surface area contributed by atoms with Gasteiger partial charge in [0, 0.05) is 25.1 Å². The van der Waals surface area contributed by atoms with Crippen molar-refractivity contribution in [1.82, 2.24) is 10.2 Å². The van der Waals surface area contributed by atoms with Gasteiger partial charge in [0.15, 0.2) is 5.96 Å². The number of guanidine groups is 1. The van der Waals surface area contributed by atoms with Gasteiger partial charge in [-0.25, -0.2) is 4.99 Å². The van der Waals surface area contributed by atoms with Crippen molar-refractivity contribution < 1.29 is 9.53 Å². The molecule has 0 aliphatic carbocycles. The molecule has 1 aromatic carbocycles. The zero-order valence-corrected chi connectivity index (χ0v) is 13.3. The van der Waals surface area contributed by atoms with E-state index in [1.165, 1.54) is 6.42 Å². The summed E-state index contributed by atoms with van der Waals surface area (Å²) in [7, 11) is 0. The van der Waals surface area contributed by atoms with Gasteiger partial charge in [-0.05, 0) is 25.3 Å². The predicted molar refractivity (Wildman–Crippen MR) is 89.4 cm³/mol. The first-order valence-corrected chi connectivity index (χ1v) is 8.30. The summed E-state index contributed by atoms with van der Waals surface area (Å²) in [6.07, 6.45) is 4.21. The Balaban J connectivity index is 1.56. The van der Waals surface area contributed by atoms with E-state index in [9.17, 15) is 4.79 Å². The van der Waals surface area contributed by atoms with Crippen LogP contribution in [0.2, 0.25) is 0 Å². The molecule has 0 radical (unpaired) electrons. The molecule has 1 saturated heterocycles. The van der Waals surface area contributed by atoms with Gasteiger partial charge in [0.25, 0.3) is 0 Å². The van der Waals surface area contributed by atoms with E-state index in [-0.39, 0.29) is 18.5 Å². The van der Waals surface area contributed by atoms with E-state index in [0.717, 1.165) is 43.7 Å². The van der Waals surface area contributed by atoms with Crippen molar-refractivity contribution in [3.05, 3.63) is 29.8 Å². The second kappa shape index (κ2) is 7.35. The maximum Gasteiger partial charge on any atom is 0.244 e. The van der Waals surface area contributed by atoms with Crippen molar-refractivity contribution in [2.45, 2.75) is 31.7 Å². The largest absolute Gasteiger partial charge is 0.493 e. The summed E-state index contributed by atoms with van der Waals surface area (Å²) < 4.78 is 5.63. The van der Waals surface area contributed by atoms with Crippen molar-refractivity contribution in [1.29, 1.82) is 0 Å². The van der Waals surface area contributed by atoms with Crippen LogP contribution >= 0.6 is 0 Å². The lowest BCUT2D eigenvalue weighted by molar-refractivity contribution is -0.130. The Labute approximate surface area is 136 Å². The van der Waals surface area contributed by atoms with Crippen LogP contribution in [0.3, 0.4) is 0 Å². The van der Waals surface area contributed by atoms with Crippen LogP contribution in [0, 0.1) is 0 Å². The number of para-hydroxylation sites is 1. The highest BCUT2D eigenvalue weighted by Gasteiger charge is 2.21. The van der Waals surface area contributed by atoms with Crippen LogP contribution in [0.5, 0.6) is 5.75 Å². The predicted octanol–water partition coefficient (Wildman–Crippen LogP) is 1.43. The number of nitrogens with one attached hydrogen (secondary N) is 1. The molecule has 0 aromatic heterocycles. The number of fused-ring (bicyclic) bond motifs is 1. The standard InChI is InChI=1S/C17H24N4O2/c18-17(19-12-16(22)21-9-4-1-5-10-21)20-14-8-11-23-15-7-3-2-6-13(14)15/h2-3,6-7,14H,1,4-5,8-12H2,(H3,18,19,20). The first-order chi connectivity index (χ1) is 11.2. The minimum Gasteiger partial charge on any atom is -0.493 e. The van der Waals surface area contributed by atoms with Gasteiger partial charge in [-0.15, -0.1) is 0 Å². The summed E-state index contributed by atoms with van der Waals surface area (Å²) in [6.45, 7) is 2.45. The molecule has 0 saturated carbocycles. The molecule has 2 heterocycles. The average molecular weight is 316 g/mol. The Morgan fingerprint density at radius 2 is 2.09 bits per heavy atom. The smallest absolute Gasteiger partial charge is 0.244 e. The summed E-state index contributed by atoms with van der Waals surface area (Å²) in [5, 5.41) is 3.21. The molecule has 2 aliphatic rings. The third kappa shape index (κ3) is 3.94. The lowest BCUT2D eigenvalue weighted by Gasteiger charge is -2.27. The molecule has 1 aromatic rings. The van der Waals surface area contributed by atoms with Gasteiger partial charge in [0.2, 0.25) is 5.91 Å². The maximum absolute atomic E-state index is 12.1. The topological polar surface area (TPSA) is 80.0 Å². The number of piperidine rings is 1. The molecule has 6 nitrogen and oxygen atoms in total. The Hall–Kier alpha value is -2.24. The number of likely N-dealkylation sites (tertiary alicyclic amines) is 1. The fraction of sp³-hybridized carbons (Fsp3) is 0.529. The molecule has 1 fully saturated rings. The van der Waals surface area contributed by atoms with Crippen LogP contribution in [-0.4, -0.2) is 43.0 Å². The van der Waals surface area contributed by atoms with Gasteiger partial charge in [-0.3, -0.25) is 4.79 Å². The van der Waals surface area contributed by atoms with E-state index in [0.29, 0.717) is 12.6 Å². The van der Waals surface area contributed by atoms with Crippen LogP contribution in [0.4, 0.5) is 0 Å². The van der Waals surface area contributed by atoms with Gasteiger partial charge in [0.05, 0.1) is 12.6 Å². The molecule has 1 atom stereocenters. The first-order valence-electron chi connectivity index (χ1n) is 8.30. The Morgan fingerprint density at radius 3 is 2.91 bits per heavy atom. The minimum atomic E-state index is 0.0572. The Kier molecular flexibility index (Phi) is 5.00. The quantitative estimate of drug-likeness (QED) is 0.653. The zero-order valence-electron chi connectivity index (χ0n) is 13.3. The van der Waals surface area contributed by atoms with E-state index in [1.807, 2.05) is 29.2 Å². The number of rotatable bonds is 3. The summed E-state index contributed by atoms with van der Waals surface area (Å²) in [5.74, 6) is 1.26. The molecule has 3 rings (SSSR count). The van der Waals surface area contributed by atoms with E-state index >= 15 is 0 Å². The molecule has 3 N–H and O–H groups in total. The molecular weight excluding hydrogens is 292 g/mol. The molecule has 1 unspecified atom stereocenters. The normalized spacial score (nSPS) is 21.3. The van der Waals surface area contributed by atoms with Crippen LogP contribution in [0.25, 0.3) is 0 Å². The highest BCUT2D eigenvalue weighted by Crippen LogP contribution is 2.31. The average Bonchev–Trinajstić information content (AvgIpc) is 2.61. The fourth-order valence-electron chi connectivity index (χ4n) is 3.11. The molecule has 0 bridgehead atoms. The van der Waals surface area contributed by atoms with Crippen molar-refractivity contribution in [3.8, 4) is 5.75 Å². The van der Waals surface area contributed by atoms with Crippen molar-refractivity contribution in [2.75, 3.05) is 26.2 Å². The molecule has 124 valence electrons. The highest BCUT2D eigenvalue weighted by molar-refractivity contribution is 5.84. The number of nitrogens with zero attached hydrogens (tertiary/aromatic N) is 2. The summed E-state index contributed by atoms with van der Waals surface area (Å²) in [5.41, 5.74) is 7.05. The van der Waals surface area contributed by atoms with Gasteiger partial charge in [0.1, 0.15) is 12.3 Å². The van der Waals surface area contributed by atoms with E-state index in [1.54, 1.807) is 0 Å². The summed E-state index contributed by atoms with van der Waals surface area (Å²) >= 11 is 0. The third-order valence-electron chi connectivity index (χ3n) is 4.37. The van der Waals surface area contributed by atoms with Gasteiger partial charge < -0.3 is 20.7 Å². The first kappa shape index (κ1) is 15.6. The van der Waals surface area contributed by atoms with Gasteiger partial charge >= 0.3 is 0 Å². The number of benzene rings is 1. The lowest BCUT2D eigenvalue weighted by Crippen LogP contribution is -2.40. The molecule has 2 aliphatic heterocycles. The number of carbonyl (C=O) groups is 1. The zero-order chi connectivity index (χ0) is 16.1. The fourth-order valence-corrected chi connectivity index (χ4v) is 3.11. The molecular formula is C17H24N4O2. The maximum atomic E-state index is 12.1. The number of hydrogen-bond acceptors (Lipinski definition) is 3. The molecule has 0 spiro atoms.